The third-order valence-electron chi connectivity index (χ3n) is 7.06. The van der Waals surface area contributed by atoms with Crippen LogP contribution in [0.4, 0.5) is 0 Å². The van der Waals surface area contributed by atoms with Gasteiger partial charge in [-0.15, -0.1) is 0 Å². The Morgan fingerprint density at radius 2 is 1.30 bits per heavy atom. The fourth-order valence-electron chi connectivity index (χ4n) is 5.14. The van der Waals surface area contributed by atoms with Gasteiger partial charge in [0.15, 0.2) is 5.96 Å². The molecular formula is C30H41N3. The lowest BCUT2D eigenvalue weighted by molar-refractivity contribution is 0.371. The Hall–Kier alpha value is -2.55. The second-order valence-corrected chi connectivity index (χ2v) is 10.00. The summed E-state index contributed by atoms with van der Waals surface area (Å²) >= 11 is 0. The molecule has 0 spiro atoms. The fraction of sp³-hybridized carbons (Fsp3) is 0.500. The molecule has 2 aromatic carbocycles. The van der Waals surface area contributed by atoms with Gasteiger partial charge in [0.25, 0.3) is 0 Å². The number of guanidine groups is 1. The number of aliphatic imine (C=N–C) groups is 1. The van der Waals surface area contributed by atoms with Crippen molar-refractivity contribution in [3.8, 4) is 0 Å². The molecule has 0 aromatic heterocycles. The van der Waals surface area contributed by atoms with Crippen LogP contribution in [0.1, 0.15) is 89.2 Å². The van der Waals surface area contributed by atoms with Gasteiger partial charge in [0.1, 0.15) is 0 Å². The van der Waals surface area contributed by atoms with Crippen molar-refractivity contribution in [2.75, 3.05) is 0 Å². The van der Waals surface area contributed by atoms with E-state index in [0.29, 0.717) is 18.1 Å². The van der Waals surface area contributed by atoms with E-state index in [1.807, 2.05) is 0 Å². The monoisotopic (exact) mass is 443 g/mol. The van der Waals surface area contributed by atoms with E-state index in [2.05, 4.69) is 90.9 Å². The quantitative estimate of drug-likeness (QED) is 0.372. The molecule has 176 valence electrons. The SMILES string of the molecule is CC(C)N(C=C(c1ccccc1)c1ccccc1)C(=NC1CCCCC1)NC1CCCCC1. The molecule has 1 N–H and O–H groups in total. The van der Waals surface area contributed by atoms with E-state index in [0.717, 1.165) is 5.96 Å². The maximum Gasteiger partial charge on any atom is 0.198 e. The molecule has 2 saturated carbocycles. The number of rotatable bonds is 6. The average Bonchev–Trinajstić information content (AvgIpc) is 2.86. The van der Waals surface area contributed by atoms with Gasteiger partial charge in [-0.25, -0.2) is 4.99 Å². The maximum absolute atomic E-state index is 5.38. The van der Waals surface area contributed by atoms with Gasteiger partial charge in [0.05, 0.1) is 6.04 Å². The fourth-order valence-corrected chi connectivity index (χ4v) is 5.14. The maximum atomic E-state index is 5.38. The van der Waals surface area contributed by atoms with Crippen molar-refractivity contribution < 1.29 is 0 Å². The van der Waals surface area contributed by atoms with Crippen molar-refractivity contribution in [3.63, 3.8) is 0 Å². The lowest BCUT2D eigenvalue weighted by atomic mass is 9.95. The highest BCUT2D eigenvalue weighted by Crippen LogP contribution is 2.26. The van der Waals surface area contributed by atoms with Crippen molar-refractivity contribution in [1.29, 1.82) is 0 Å². The minimum Gasteiger partial charge on any atom is -0.353 e. The van der Waals surface area contributed by atoms with E-state index in [1.54, 1.807) is 0 Å². The van der Waals surface area contributed by atoms with Crippen molar-refractivity contribution >= 4 is 11.5 Å². The second-order valence-electron chi connectivity index (χ2n) is 10.00. The average molecular weight is 444 g/mol. The van der Waals surface area contributed by atoms with E-state index in [4.69, 9.17) is 4.99 Å². The molecule has 3 nitrogen and oxygen atoms in total. The van der Waals surface area contributed by atoms with E-state index >= 15 is 0 Å². The van der Waals surface area contributed by atoms with E-state index in [-0.39, 0.29) is 0 Å². The van der Waals surface area contributed by atoms with Crippen LogP contribution in [-0.2, 0) is 0 Å². The lowest BCUT2D eigenvalue weighted by Crippen LogP contribution is -2.47. The van der Waals surface area contributed by atoms with Crippen LogP contribution in [0.5, 0.6) is 0 Å². The zero-order valence-electron chi connectivity index (χ0n) is 20.5. The van der Waals surface area contributed by atoms with Crippen molar-refractivity contribution in [3.05, 3.63) is 78.0 Å². The summed E-state index contributed by atoms with van der Waals surface area (Å²) in [4.78, 5) is 7.78. The van der Waals surface area contributed by atoms with Crippen LogP contribution in [-0.4, -0.2) is 29.0 Å². The number of nitrogens with zero attached hydrogens (tertiary/aromatic N) is 2. The third kappa shape index (κ3) is 6.72. The standard InChI is InChI=1S/C30H41N3/c1-24(2)33(23-29(25-15-7-3-8-16-25)26-17-9-4-10-18-26)30(31-27-19-11-5-12-20-27)32-28-21-13-6-14-22-28/h3-4,7-10,15-18,23-24,27-28H,5-6,11-14,19-22H2,1-2H3,(H,31,32). The molecule has 2 fully saturated rings. The highest BCUT2D eigenvalue weighted by molar-refractivity contribution is 5.86. The molecule has 33 heavy (non-hydrogen) atoms. The summed E-state index contributed by atoms with van der Waals surface area (Å²) < 4.78 is 0. The van der Waals surface area contributed by atoms with Gasteiger partial charge in [-0.2, -0.15) is 0 Å². The van der Waals surface area contributed by atoms with Crippen LogP contribution < -0.4 is 5.32 Å². The van der Waals surface area contributed by atoms with E-state index in [9.17, 15) is 0 Å². The largest absolute Gasteiger partial charge is 0.353 e. The molecule has 4 rings (SSSR count). The molecule has 0 aliphatic heterocycles. The van der Waals surface area contributed by atoms with E-state index in [1.165, 1.54) is 80.9 Å². The third-order valence-corrected chi connectivity index (χ3v) is 7.06. The first-order valence-corrected chi connectivity index (χ1v) is 13.2. The zero-order valence-corrected chi connectivity index (χ0v) is 20.5. The summed E-state index contributed by atoms with van der Waals surface area (Å²) in [6.07, 6.45) is 15.3. The number of benzene rings is 2. The Labute approximate surface area is 201 Å². The molecule has 0 bridgehead atoms. The summed E-state index contributed by atoms with van der Waals surface area (Å²) in [7, 11) is 0. The first-order valence-electron chi connectivity index (χ1n) is 13.2. The first-order chi connectivity index (χ1) is 16.2. The van der Waals surface area contributed by atoms with Gasteiger partial charge >= 0.3 is 0 Å². The van der Waals surface area contributed by atoms with Crippen molar-refractivity contribution in [1.82, 2.24) is 10.2 Å². The van der Waals surface area contributed by atoms with Crippen LogP contribution in [0.25, 0.3) is 5.57 Å². The smallest absolute Gasteiger partial charge is 0.198 e. The van der Waals surface area contributed by atoms with Gasteiger partial charge in [0, 0.05) is 23.9 Å². The summed E-state index contributed by atoms with van der Waals surface area (Å²) in [5, 5.41) is 3.92. The number of nitrogens with one attached hydrogen (secondary N) is 1. The Morgan fingerprint density at radius 1 is 0.788 bits per heavy atom. The Balaban J connectivity index is 1.73. The second kappa shape index (κ2) is 12.1. The lowest BCUT2D eigenvalue weighted by Gasteiger charge is -2.34. The van der Waals surface area contributed by atoms with Gasteiger partial charge in [-0.05, 0) is 50.7 Å². The molecule has 2 aliphatic rings. The highest BCUT2D eigenvalue weighted by Gasteiger charge is 2.23. The van der Waals surface area contributed by atoms with E-state index < -0.39 is 0 Å². The minimum absolute atomic E-state index is 0.311. The highest BCUT2D eigenvalue weighted by atomic mass is 15.3. The molecule has 0 unspecified atom stereocenters. The minimum atomic E-state index is 0.311. The van der Waals surface area contributed by atoms with Crippen LogP contribution in [0.15, 0.2) is 71.9 Å². The first kappa shape index (κ1) is 23.6. The van der Waals surface area contributed by atoms with Crippen molar-refractivity contribution in [2.24, 2.45) is 4.99 Å². The molecule has 2 aromatic rings. The van der Waals surface area contributed by atoms with Gasteiger partial charge in [-0.3, -0.25) is 0 Å². The summed E-state index contributed by atoms with van der Waals surface area (Å²) in [6, 6.07) is 22.8. The normalized spacial score (nSPS) is 18.2. The molecule has 0 heterocycles. The summed E-state index contributed by atoms with van der Waals surface area (Å²) in [5.41, 5.74) is 3.72. The number of hydrogen-bond acceptors (Lipinski definition) is 1. The molecule has 0 amide bonds. The van der Waals surface area contributed by atoms with Crippen LogP contribution in [0.2, 0.25) is 0 Å². The molecular weight excluding hydrogens is 402 g/mol. The van der Waals surface area contributed by atoms with Gasteiger partial charge in [0.2, 0.25) is 0 Å². The topological polar surface area (TPSA) is 27.6 Å². The predicted molar refractivity (Wildman–Crippen MR) is 141 cm³/mol. The van der Waals surface area contributed by atoms with Gasteiger partial charge < -0.3 is 10.2 Å². The van der Waals surface area contributed by atoms with Crippen molar-refractivity contribution in [2.45, 2.75) is 96.2 Å². The molecule has 3 heteroatoms. The summed E-state index contributed by atoms with van der Waals surface area (Å²) in [6.45, 7) is 4.56. The molecule has 0 saturated heterocycles. The number of hydrogen-bond donors (Lipinski definition) is 1. The molecule has 0 atom stereocenters. The Kier molecular flexibility index (Phi) is 8.63. The summed E-state index contributed by atoms with van der Waals surface area (Å²) in [5.74, 6) is 1.08. The molecule has 0 radical (unpaired) electrons. The van der Waals surface area contributed by atoms with Crippen LogP contribution in [0, 0.1) is 0 Å². The van der Waals surface area contributed by atoms with Crippen LogP contribution in [0.3, 0.4) is 0 Å². The van der Waals surface area contributed by atoms with Crippen LogP contribution >= 0.6 is 0 Å². The predicted octanol–water partition coefficient (Wildman–Crippen LogP) is 7.40. The zero-order chi connectivity index (χ0) is 22.9. The molecule has 2 aliphatic carbocycles. The Bertz CT molecular complexity index is 847. The Morgan fingerprint density at radius 3 is 1.82 bits per heavy atom. The van der Waals surface area contributed by atoms with Gasteiger partial charge in [-0.1, -0.05) is 99.2 Å².